The van der Waals surface area contributed by atoms with Crippen molar-refractivity contribution in [2.45, 2.75) is 77.0 Å². The van der Waals surface area contributed by atoms with E-state index >= 15 is 0 Å². The zero-order valence-electron chi connectivity index (χ0n) is 30.6. The standard InChI is InChI=1S/C38H49N5O8S/c1-24-21-43(25(2)23-44)37(45)32-20-30(41-52(47,48)36-27(4)40-51-28(36)5)17-18-34(32)50-26(3)12-9-10-19-49-35(24)22-42(6)38(46)39-33-16-11-14-29-13-7-8-15-31(29)33/h7-8,11,13-18,20,24-26,35,41,44H,9-10,12,19,21-23H2,1-6H3,(H,39,46)/t24-,25+,26-,35+/m0/s1. The molecule has 0 fully saturated rings. The molecule has 2 heterocycles. The molecule has 3 aromatic carbocycles. The summed E-state index contributed by atoms with van der Waals surface area (Å²) in [6.07, 6.45) is 1.52. The van der Waals surface area contributed by atoms with Crippen LogP contribution in [-0.4, -0.2) is 92.0 Å². The van der Waals surface area contributed by atoms with Crippen molar-refractivity contribution in [2.75, 3.05) is 43.4 Å². The van der Waals surface area contributed by atoms with E-state index in [1.165, 1.54) is 19.9 Å². The third-order valence-corrected chi connectivity index (χ3v) is 11.0. The number of hydrogen-bond donors (Lipinski definition) is 3. The van der Waals surface area contributed by atoms with Gasteiger partial charge in [-0.2, -0.15) is 0 Å². The van der Waals surface area contributed by atoms with Crippen LogP contribution in [0.4, 0.5) is 16.2 Å². The number of likely N-dealkylation sites (N-methyl/N-ethyl adjacent to an activating group) is 1. The molecule has 3 N–H and O–H groups in total. The van der Waals surface area contributed by atoms with Gasteiger partial charge < -0.3 is 34.2 Å². The minimum Gasteiger partial charge on any atom is -0.490 e. The number of hydrogen-bond acceptors (Lipinski definition) is 9. The van der Waals surface area contributed by atoms with E-state index in [-0.39, 0.29) is 65.3 Å². The first kappa shape index (κ1) is 38.6. The highest BCUT2D eigenvalue weighted by Crippen LogP contribution is 2.31. The van der Waals surface area contributed by atoms with Crippen molar-refractivity contribution in [3.63, 3.8) is 0 Å². The van der Waals surface area contributed by atoms with Crippen LogP contribution in [0.2, 0.25) is 0 Å². The summed E-state index contributed by atoms with van der Waals surface area (Å²) in [5, 5.41) is 19.0. The number of fused-ring (bicyclic) bond motifs is 2. The number of amides is 3. The van der Waals surface area contributed by atoms with E-state index in [2.05, 4.69) is 15.2 Å². The Bertz CT molecular complexity index is 1960. The highest BCUT2D eigenvalue weighted by molar-refractivity contribution is 7.92. The van der Waals surface area contributed by atoms with Crippen molar-refractivity contribution >= 4 is 44.1 Å². The lowest BCUT2D eigenvalue weighted by atomic mass is 10.0. The molecule has 0 aliphatic carbocycles. The minimum atomic E-state index is -4.10. The number of nitrogens with zero attached hydrogens (tertiary/aromatic N) is 3. The molecule has 280 valence electrons. The number of ether oxygens (including phenoxy) is 2. The number of aliphatic hydroxyl groups excluding tert-OH is 1. The molecule has 1 aliphatic rings. The van der Waals surface area contributed by atoms with Crippen molar-refractivity contribution in [1.29, 1.82) is 0 Å². The van der Waals surface area contributed by atoms with Gasteiger partial charge in [-0.3, -0.25) is 9.52 Å². The Balaban J connectivity index is 1.41. The largest absolute Gasteiger partial charge is 0.490 e. The van der Waals surface area contributed by atoms with Gasteiger partial charge in [0, 0.05) is 43.7 Å². The molecule has 0 saturated carbocycles. The lowest BCUT2D eigenvalue weighted by Gasteiger charge is -2.35. The Hall–Kier alpha value is -4.66. The summed E-state index contributed by atoms with van der Waals surface area (Å²) in [4.78, 5) is 31.0. The first-order valence-corrected chi connectivity index (χ1v) is 19.1. The fraction of sp³-hybridized carbons (Fsp3) is 0.447. The maximum absolute atomic E-state index is 14.5. The third-order valence-electron chi connectivity index (χ3n) is 9.37. The van der Waals surface area contributed by atoms with E-state index in [1.807, 2.05) is 56.3 Å². The van der Waals surface area contributed by atoms with Crippen LogP contribution in [-0.2, 0) is 14.8 Å². The first-order valence-electron chi connectivity index (χ1n) is 17.6. The quantitative estimate of drug-likeness (QED) is 0.191. The van der Waals surface area contributed by atoms with Crippen LogP contribution >= 0.6 is 0 Å². The molecule has 0 saturated heterocycles. The van der Waals surface area contributed by atoms with E-state index in [4.69, 9.17) is 14.0 Å². The molecular formula is C38H49N5O8S. The number of urea groups is 1. The number of anilines is 2. The lowest BCUT2D eigenvalue weighted by Crippen LogP contribution is -2.48. The van der Waals surface area contributed by atoms with Gasteiger partial charge in [0.15, 0.2) is 10.7 Å². The molecule has 14 heteroatoms. The first-order chi connectivity index (χ1) is 24.8. The van der Waals surface area contributed by atoms with Gasteiger partial charge in [0.2, 0.25) is 0 Å². The Morgan fingerprint density at radius 2 is 1.85 bits per heavy atom. The summed E-state index contributed by atoms with van der Waals surface area (Å²) in [6.45, 7) is 9.21. The number of nitrogens with one attached hydrogen (secondary N) is 2. The van der Waals surface area contributed by atoms with E-state index in [0.29, 0.717) is 24.5 Å². The highest BCUT2D eigenvalue weighted by atomic mass is 32.2. The van der Waals surface area contributed by atoms with Crippen molar-refractivity contribution < 1.29 is 37.1 Å². The second kappa shape index (κ2) is 16.8. The fourth-order valence-corrected chi connectivity index (χ4v) is 7.79. The second-order valence-corrected chi connectivity index (χ2v) is 15.2. The maximum Gasteiger partial charge on any atom is 0.321 e. The zero-order chi connectivity index (χ0) is 37.6. The van der Waals surface area contributed by atoms with Crippen molar-refractivity contribution in [3.8, 4) is 5.75 Å². The molecule has 0 bridgehead atoms. The third kappa shape index (κ3) is 9.03. The number of aryl methyl sites for hydroxylation is 2. The molecule has 0 radical (unpaired) electrons. The van der Waals surface area contributed by atoms with Gasteiger partial charge in [-0.05, 0) is 76.6 Å². The molecular weight excluding hydrogens is 687 g/mol. The lowest BCUT2D eigenvalue weighted by molar-refractivity contribution is -0.0115. The molecule has 5 rings (SSSR count). The zero-order valence-corrected chi connectivity index (χ0v) is 31.4. The SMILES string of the molecule is Cc1noc(C)c1S(=O)(=O)Nc1ccc2c(c1)C(=O)N([C@H](C)CO)C[C@H](C)[C@@H](CN(C)C(=O)Nc1cccc3ccccc13)OCCCC[C@H](C)O2. The van der Waals surface area contributed by atoms with E-state index in [1.54, 1.807) is 35.9 Å². The van der Waals surface area contributed by atoms with Crippen molar-refractivity contribution in [1.82, 2.24) is 15.0 Å². The summed E-state index contributed by atoms with van der Waals surface area (Å²) >= 11 is 0. The Labute approximate surface area is 305 Å². The normalized spacial score (nSPS) is 19.6. The number of carbonyl (C=O) groups is 2. The van der Waals surface area contributed by atoms with Crippen LogP contribution < -0.4 is 14.8 Å². The smallest absolute Gasteiger partial charge is 0.321 e. The molecule has 13 nitrogen and oxygen atoms in total. The van der Waals surface area contributed by atoms with Gasteiger partial charge in [-0.1, -0.05) is 48.5 Å². The van der Waals surface area contributed by atoms with E-state index in [0.717, 1.165) is 23.6 Å². The van der Waals surface area contributed by atoms with Crippen LogP contribution in [0.3, 0.4) is 0 Å². The van der Waals surface area contributed by atoms with Gasteiger partial charge in [-0.25, -0.2) is 13.2 Å². The van der Waals surface area contributed by atoms with Crippen LogP contribution in [0.5, 0.6) is 5.75 Å². The molecule has 1 aliphatic heterocycles. The summed E-state index contributed by atoms with van der Waals surface area (Å²) in [7, 11) is -2.39. The number of carbonyl (C=O) groups excluding carboxylic acids is 2. The Morgan fingerprint density at radius 3 is 2.58 bits per heavy atom. The Morgan fingerprint density at radius 1 is 1.10 bits per heavy atom. The van der Waals surface area contributed by atoms with Gasteiger partial charge in [0.1, 0.15) is 11.4 Å². The van der Waals surface area contributed by atoms with Gasteiger partial charge >= 0.3 is 6.03 Å². The topological polar surface area (TPSA) is 164 Å². The van der Waals surface area contributed by atoms with Crippen LogP contribution in [0, 0.1) is 19.8 Å². The summed E-state index contributed by atoms with van der Waals surface area (Å²) in [5.41, 5.74) is 1.20. The highest BCUT2D eigenvalue weighted by Gasteiger charge is 2.32. The summed E-state index contributed by atoms with van der Waals surface area (Å²) in [6, 6.07) is 17.3. The molecule has 4 aromatic rings. The summed E-state index contributed by atoms with van der Waals surface area (Å²) < 4.78 is 47.0. The monoisotopic (exact) mass is 735 g/mol. The average Bonchev–Trinajstić information content (AvgIpc) is 3.47. The van der Waals surface area contributed by atoms with Gasteiger partial charge in [0.25, 0.3) is 15.9 Å². The number of aliphatic hydroxyl groups is 1. The van der Waals surface area contributed by atoms with Crippen LogP contribution in [0.1, 0.15) is 61.8 Å². The van der Waals surface area contributed by atoms with Crippen molar-refractivity contribution in [3.05, 3.63) is 77.7 Å². The number of aromatic nitrogens is 1. The second-order valence-electron chi connectivity index (χ2n) is 13.6. The van der Waals surface area contributed by atoms with E-state index in [9.17, 15) is 23.1 Å². The average molecular weight is 736 g/mol. The predicted molar refractivity (Wildman–Crippen MR) is 199 cm³/mol. The number of sulfonamides is 1. The van der Waals surface area contributed by atoms with E-state index < -0.39 is 28.1 Å². The molecule has 52 heavy (non-hydrogen) atoms. The molecule has 3 amide bonds. The number of rotatable bonds is 8. The number of benzene rings is 3. The van der Waals surface area contributed by atoms with Crippen molar-refractivity contribution in [2.24, 2.45) is 5.92 Å². The molecule has 0 spiro atoms. The minimum absolute atomic E-state index is 0.0741. The van der Waals surface area contributed by atoms with Crippen LogP contribution in [0.15, 0.2) is 70.1 Å². The summed E-state index contributed by atoms with van der Waals surface area (Å²) in [5.74, 6) is -0.290. The van der Waals surface area contributed by atoms with Gasteiger partial charge in [0.05, 0.1) is 36.1 Å². The molecule has 4 atom stereocenters. The molecule has 0 unspecified atom stereocenters. The maximum atomic E-state index is 14.5. The van der Waals surface area contributed by atoms with Crippen LogP contribution in [0.25, 0.3) is 10.8 Å². The predicted octanol–water partition coefficient (Wildman–Crippen LogP) is 6.20. The fourth-order valence-electron chi connectivity index (χ4n) is 6.41. The Kier molecular flexibility index (Phi) is 12.4. The molecule has 1 aromatic heterocycles. The van der Waals surface area contributed by atoms with Gasteiger partial charge in [-0.15, -0.1) is 0 Å².